The number of likely N-dealkylation sites (N-methyl/N-ethyl adjacent to an activating group) is 1. The minimum absolute atomic E-state index is 0.0830. The molecule has 0 aliphatic carbocycles. The van der Waals surface area contributed by atoms with Crippen LogP contribution in [0.1, 0.15) is 5.76 Å². The number of carbonyl (C=O) groups is 1. The van der Waals surface area contributed by atoms with Crippen LogP contribution in [-0.4, -0.2) is 46.0 Å². The number of furan rings is 1. The monoisotopic (exact) mass is 300 g/mol. The fourth-order valence-electron chi connectivity index (χ4n) is 2.17. The van der Waals surface area contributed by atoms with E-state index in [1.807, 2.05) is 12.1 Å². The maximum Gasteiger partial charge on any atom is 0.239 e. The highest BCUT2D eigenvalue weighted by Crippen LogP contribution is 2.17. The molecule has 114 valence electrons. The maximum atomic E-state index is 12.0. The zero-order chi connectivity index (χ0) is 15.4. The number of imidazole rings is 1. The average Bonchev–Trinajstić information content (AvgIpc) is 3.17. The Balaban J connectivity index is 1.55. The summed E-state index contributed by atoms with van der Waals surface area (Å²) < 4.78 is 5.22. The van der Waals surface area contributed by atoms with E-state index < -0.39 is 0 Å². The Kier molecular flexibility index (Phi) is 3.99. The van der Waals surface area contributed by atoms with E-state index in [-0.39, 0.29) is 12.5 Å². The second-order valence-corrected chi connectivity index (χ2v) is 4.83. The van der Waals surface area contributed by atoms with Crippen LogP contribution in [0.15, 0.2) is 35.5 Å². The topological polar surface area (TPSA) is 99.9 Å². The fraction of sp³-hybridized carbons (Fsp3) is 0.286. The highest BCUT2D eigenvalue weighted by molar-refractivity contribution is 5.86. The van der Waals surface area contributed by atoms with Crippen LogP contribution in [0, 0.1) is 0 Å². The summed E-state index contributed by atoms with van der Waals surface area (Å²) in [6, 6.07) is 3.71. The lowest BCUT2D eigenvalue weighted by atomic mass is 10.3. The van der Waals surface area contributed by atoms with Gasteiger partial charge in [-0.25, -0.2) is 15.0 Å². The number of fused-ring (bicyclic) bond motifs is 1. The standard InChI is InChI=1S/C14H16N6O2/c1-20(14-12-13(17-8-16-12)18-9-19-14)7-11(21)15-5-4-10-3-2-6-22-10/h2-3,6,8-9H,4-5,7H2,1H3,(H,15,21)(H,16,17,18,19). The van der Waals surface area contributed by atoms with E-state index in [1.165, 1.54) is 6.33 Å². The smallest absolute Gasteiger partial charge is 0.239 e. The van der Waals surface area contributed by atoms with Crippen molar-refractivity contribution < 1.29 is 9.21 Å². The molecule has 1 amide bonds. The quantitative estimate of drug-likeness (QED) is 0.696. The highest BCUT2D eigenvalue weighted by Gasteiger charge is 2.13. The van der Waals surface area contributed by atoms with E-state index in [9.17, 15) is 4.79 Å². The number of hydrogen-bond acceptors (Lipinski definition) is 6. The van der Waals surface area contributed by atoms with E-state index in [4.69, 9.17) is 4.42 Å². The lowest BCUT2D eigenvalue weighted by Crippen LogP contribution is -2.36. The van der Waals surface area contributed by atoms with Crippen LogP contribution < -0.4 is 10.2 Å². The molecule has 8 nitrogen and oxygen atoms in total. The normalized spacial score (nSPS) is 10.8. The summed E-state index contributed by atoms with van der Waals surface area (Å²) in [4.78, 5) is 29.0. The van der Waals surface area contributed by atoms with Crippen molar-refractivity contribution in [1.82, 2.24) is 25.3 Å². The van der Waals surface area contributed by atoms with Crippen molar-refractivity contribution in [3.05, 3.63) is 36.8 Å². The summed E-state index contributed by atoms with van der Waals surface area (Å²) in [5.74, 6) is 1.41. The van der Waals surface area contributed by atoms with Crippen molar-refractivity contribution in [2.75, 3.05) is 25.0 Å². The summed E-state index contributed by atoms with van der Waals surface area (Å²) in [6.07, 6.45) is 5.28. The number of nitrogens with one attached hydrogen (secondary N) is 2. The number of aromatic nitrogens is 4. The molecule has 8 heteroatoms. The van der Waals surface area contributed by atoms with Crippen LogP contribution in [0.25, 0.3) is 11.2 Å². The van der Waals surface area contributed by atoms with Gasteiger partial charge in [0, 0.05) is 20.0 Å². The molecule has 0 aromatic carbocycles. The highest BCUT2D eigenvalue weighted by atomic mass is 16.3. The lowest BCUT2D eigenvalue weighted by Gasteiger charge is -2.17. The molecule has 3 rings (SSSR count). The van der Waals surface area contributed by atoms with Crippen molar-refractivity contribution in [3.8, 4) is 0 Å². The molecule has 0 atom stereocenters. The number of hydrogen-bond donors (Lipinski definition) is 2. The molecule has 0 saturated carbocycles. The van der Waals surface area contributed by atoms with Gasteiger partial charge in [-0.3, -0.25) is 4.79 Å². The third kappa shape index (κ3) is 3.05. The zero-order valence-electron chi connectivity index (χ0n) is 12.1. The number of H-pyrrole nitrogens is 1. The molecule has 0 spiro atoms. The van der Waals surface area contributed by atoms with Crippen LogP contribution in [-0.2, 0) is 11.2 Å². The first kappa shape index (κ1) is 14.1. The molecule has 0 unspecified atom stereocenters. The van der Waals surface area contributed by atoms with Gasteiger partial charge in [-0.15, -0.1) is 0 Å². The number of aromatic amines is 1. The number of nitrogens with zero attached hydrogens (tertiary/aromatic N) is 4. The molecule has 0 radical (unpaired) electrons. The minimum Gasteiger partial charge on any atom is -0.469 e. The van der Waals surface area contributed by atoms with Gasteiger partial charge < -0.3 is 19.6 Å². The van der Waals surface area contributed by atoms with Crippen LogP contribution >= 0.6 is 0 Å². The predicted octanol–water partition coefficient (Wildman–Crippen LogP) is 0.741. The molecule has 2 N–H and O–H groups in total. The Labute approximate surface area is 126 Å². The van der Waals surface area contributed by atoms with Crippen LogP contribution in [0.4, 0.5) is 5.82 Å². The first-order chi connectivity index (χ1) is 10.7. The Hall–Kier alpha value is -2.90. The first-order valence-electron chi connectivity index (χ1n) is 6.88. The van der Waals surface area contributed by atoms with E-state index in [0.29, 0.717) is 29.9 Å². The largest absolute Gasteiger partial charge is 0.469 e. The Morgan fingerprint density at radius 1 is 1.41 bits per heavy atom. The fourth-order valence-corrected chi connectivity index (χ4v) is 2.17. The van der Waals surface area contributed by atoms with Crippen molar-refractivity contribution in [1.29, 1.82) is 0 Å². The average molecular weight is 300 g/mol. The van der Waals surface area contributed by atoms with Crippen molar-refractivity contribution in [3.63, 3.8) is 0 Å². The summed E-state index contributed by atoms with van der Waals surface area (Å²) in [5, 5.41) is 2.85. The summed E-state index contributed by atoms with van der Waals surface area (Å²) in [5.41, 5.74) is 1.29. The maximum absolute atomic E-state index is 12.0. The molecule has 3 aromatic rings. The van der Waals surface area contributed by atoms with Gasteiger partial charge in [0.15, 0.2) is 11.5 Å². The molecule has 0 bridgehead atoms. The van der Waals surface area contributed by atoms with Crippen LogP contribution in [0.5, 0.6) is 0 Å². The molecule has 3 aromatic heterocycles. The first-order valence-corrected chi connectivity index (χ1v) is 6.88. The van der Waals surface area contributed by atoms with Crippen molar-refractivity contribution in [2.24, 2.45) is 0 Å². The van der Waals surface area contributed by atoms with Gasteiger partial charge in [-0.05, 0) is 12.1 Å². The second kappa shape index (κ2) is 6.25. The minimum atomic E-state index is -0.0830. The molecular formula is C14H16N6O2. The van der Waals surface area contributed by atoms with Gasteiger partial charge in [-0.1, -0.05) is 0 Å². The SMILES string of the molecule is CN(CC(=O)NCCc1ccco1)c1ncnc2nc[nH]c12. The molecular weight excluding hydrogens is 284 g/mol. The van der Waals surface area contributed by atoms with E-state index in [0.717, 1.165) is 5.76 Å². The third-order valence-corrected chi connectivity index (χ3v) is 3.22. The number of rotatable bonds is 6. The molecule has 0 aliphatic rings. The lowest BCUT2D eigenvalue weighted by molar-refractivity contribution is -0.119. The third-order valence-electron chi connectivity index (χ3n) is 3.22. The molecule has 0 aliphatic heterocycles. The van der Waals surface area contributed by atoms with Gasteiger partial charge in [0.1, 0.15) is 17.6 Å². The van der Waals surface area contributed by atoms with Crippen LogP contribution in [0.3, 0.4) is 0 Å². The van der Waals surface area contributed by atoms with Gasteiger partial charge in [0.05, 0.1) is 19.1 Å². The van der Waals surface area contributed by atoms with Gasteiger partial charge in [0.25, 0.3) is 0 Å². The molecule has 22 heavy (non-hydrogen) atoms. The second-order valence-electron chi connectivity index (χ2n) is 4.83. The van der Waals surface area contributed by atoms with Crippen molar-refractivity contribution >= 4 is 22.9 Å². The Morgan fingerprint density at radius 3 is 3.14 bits per heavy atom. The van der Waals surface area contributed by atoms with Gasteiger partial charge >= 0.3 is 0 Å². The Bertz CT molecular complexity index is 752. The molecule has 3 heterocycles. The van der Waals surface area contributed by atoms with Gasteiger partial charge in [-0.2, -0.15) is 0 Å². The van der Waals surface area contributed by atoms with E-state index in [1.54, 1.807) is 24.5 Å². The summed E-state index contributed by atoms with van der Waals surface area (Å²) >= 11 is 0. The zero-order valence-corrected chi connectivity index (χ0v) is 12.1. The number of anilines is 1. The number of carbonyl (C=O) groups excluding carboxylic acids is 1. The summed E-state index contributed by atoms with van der Waals surface area (Å²) in [6.45, 7) is 0.729. The predicted molar refractivity (Wildman–Crippen MR) is 80.4 cm³/mol. The van der Waals surface area contributed by atoms with E-state index >= 15 is 0 Å². The van der Waals surface area contributed by atoms with E-state index in [2.05, 4.69) is 25.3 Å². The van der Waals surface area contributed by atoms with Gasteiger partial charge in [0.2, 0.25) is 5.91 Å². The summed E-state index contributed by atoms with van der Waals surface area (Å²) in [7, 11) is 1.80. The van der Waals surface area contributed by atoms with Crippen LogP contribution in [0.2, 0.25) is 0 Å². The Morgan fingerprint density at radius 2 is 2.32 bits per heavy atom. The molecule has 0 fully saturated rings. The van der Waals surface area contributed by atoms with Crippen molar-refractivity contribution in [2.45, 2.75) is 6.42 Å². The number of amides is 1. The molecule has 0 saturated heterocycles.